The van der Waals surface area contributed by atoms with E-state index in [1.165, 1.54) is 13.2 Å². The lowest BCUT2D eigenvalue weighted by Crippen LogP contribution is -1.88. The summed E-state index contributed by atoms with van der Waals surface area (Å²) in [6.07, 6.45) is 0. The smallest absolute Gasteiger partial charge is 0.142 e. The Kier molecular flexibility index (Phi) is 2.77. The van der Waals surface area contributed by atoms with Crippen molar-refractivity contribution in [2.45, 2.75) is 0 Å². The Morgan fingerprint density at radius 2 is 2.10 bits per heavy atom. The number of imidazole rings is 1. The minimum atomic E-state index is 0.133. The van der Waals surface area contributed by atoms with Crippen LogP contribution in [0, 0.1) is 11.3 Å². The number of phenolic OH excluding ortho intramolecular Hbond substituents is 1. The maximum atomic E-state index is 9.48. The summed E-state index contributed by atoms with van der Waals surface area (Å²) in [7, 11) is 1.54. The molecule has 0 bridgehead atoms. The van der Waals surface area contributed by atoms with Crippen LogP contribution in [0.4, 0.5) is 0 Å². The van der Waals surface area contributed by atoms with Gasteiger partial charge in [0.15, 0.2) is 0 Å². The van der Waals surface area contributed by atoms with E-state index in [0.29, 0.717) is 17.1 Å². The van der Waals surface area contributed by atoms with Crippen molar-refractivity contribution in [1.82, 2.24) is 9.97 Å². The summed E-state index contributed by atoms with van der Waals surface area (Å²) in [4.78, 5) is 7.63. The SMILES string of the molecule is COc1cc(O)ccc1-c1nc2ccc(C#N)cc2[nH]1. The van der Waals surface area contributed by atoms with Gasteiger partial charge in [0.2, 0.25) is 0 Å². The molecule has 0 spiro atoms. The molecule has 20 heavy (non-hydrogen) atoms. The highest BCUT2D eigenvalue weighted by Gasteiger charge is 2.11. The van der Waals surface area contributed by atoms with E-state index in [2.05, 4.69) is 16.0 Å². The van der Waals surface area contributed by atoms with Gasteiger partial charge in [-0.2, -0.15) is 5.26 Å². The molecule has 2 aromatic carbocycles. The fraction of sp³-hybridized carbons (Fsp3) is 0.0667. The van der Waals surface area contributed by atoms with Crippen LogP contribution in [-0.2, 0) is 0 Å². The lowest BCUT2D eigenvalue weighted by molar-refractivity contribution is 0.409. The molecule has 0 aliphatic heterocycles. The number of nitriles is 1. The summed E-state index contributed by atoms with van der Waals surface area (Å²) in [6, 6.07) is 12.2. The Morgan fingerprint density at radius 1 is 1.25 bits per heavy atom. The first-order chi connectivity index (χ1) is 9.71. The van der Waals surface area contributed by atoms with Gasteiger partial charge in [-0.05, 0) is 30.3 Å². The van der Waals surface area contributed by atoms with Crippen molar-refractivity contribution in [3.05, 3.63) is 42.0 Å². The van der Waals surface area contributed by atoms with Crippen LogP contribution in [0.25, 0.3) is 22.4 Å². The van der Waals surface area contributed by atoms with E-state index >= 15 is 0 Å². The second-order valence-electron chi connectivity index (χ2n) is 4.31. The van der Waals surface area contributed by atoms with Crippen LogP contribution in [0.5, 0.6) is 11.5 Å². The molecule has 5 nitrogen and oxygen atoms in total. The molecule has 0 fully saturated rings. The van der Waals surface area contributed by atoms with E-state index in [9.17, 15) is 5.11 Å². The summed E-state index contributed by atoms with van der Waals surface area (Å²) in [6.45, 7) is 0. The zero-order chi connectivity index (χ0) is 14.1. The maximum absolute atomic E-state index is 9.48. The number of ether oxygens (including phenoxy) is 1. The van der Waals surface area contributed by atoms with Gasteiger partial charge < -0.3 is 14.8 Å². The number of aromatic hydroxyl groups is 1. The van der Waals surface area contributed by atoms with E-state index in [1.54, 1.807) is 30.3 Å². The number of rotatable bonds is 2. The summed E-state index contributed by atoms with van der Waals surface area (Å²) in [5.74, 6) is 1.30. The quantitative estimate of drug-likeness (QED) is 0.746. The summed E-state index contributed by atoms with van der Waals surface area (Å²) in [5.41, 5.74) is 2.88. The van der Waals surface area contributed by atoms with Crippen molar-refractivity contribution in [2.75, 3.05) is 7.11 Å². The average molecular weight is 265 g/mol. The number of nitrogens with zero attached hydrogens (tertiary/aromatic N) is 2. The molecule has 0 radical (unpaired) electrons. The van der Waals surface area contributed by atoms with Crippen molar-refractivity contribution in [3.63, 3.8) is 0 Å². The Hall–Kier alpha value is -3.00. The number of aromatic amines is 1. The van der Waals surface area contributed by atoms with Gasteiger partial charge in [0, 0.05) is 6.07 Å². The van der Waals surface area contributed by atoms with Crippen molar-refractivity contribution < 1.29 is 9.84 Å². The topological polar surface area (TPSA) is 81.9 Å². The van der Waals surface area contributed by atoms with Crippen molar-refractivity contribution in [1.29, 1.82) is 5.26 Å². The highest BCUT2D eigenvalue weighted by Crippen LogP contribution is 2.32. The average Bonchev–Trinajstić information content (AvgIpc) is 2.89. The highest BCUT2D eigenvalue weighted by molar-refractivity contribution is 5.82. The molecule has 0 unspecified atom stereocenters. The fourth-order valence-corrected chi connectivity index (χ4v) is 2.08. The van der Waals surface area contributed by atoms with Crippen molar-refractivity contribution in [2.24, 2.45) is 0 Å². The van der Waals surface area contributed by atoms with Crippen LogP contribution in [0.2, 0.25) is 0 Å². The number of nitrogens with one attached hydrogen (secondary N) is 1. The summed E-state index contributed by atoms with van der Waals surface area (Å²) in [5, 5.41) is 18.4. The predicted octanol–water partition coefficient (Wildman–Crippen LogP) is 2.82. The van der Waals surface area contributed by atoms with Gasteiger partial charge in [-0.1, -0.05) is 0 Å². The van der Waals surface area contributed by atoms with Crippen molar-refractivity contribution in [3.8, 4) is 29.0 Å². The third-order valence-corrected chi connectivity index (χ3v) is 3.05. The standard InChI is InChI=1S/C15H11N3O2/c1-20-14-7-10(19)3-4-11(14)15-17-12-5-2-9(8-16)6-13(12)18-15/h2-7,19H,1H3,(H,17,18). The Morgan fingerprint density at radius 3 is 2.85 bits per heavy atom. The lowest BCUT2D eigenvalue weighted by atomic mass is 10.2. The van der Waals surface area contributed by atoms with Gasteiger partial charge in [-0.3, -0.25) is 0 Å². The minimum Gasteiger partial charge on any atom is -0.508 e. The van der Waals surface area contributed by atoms with Crippen LogP contribution in [0.15, 0.2) is 36.4 Å². The maximum Gasteiger partial charge on any atom is 0.142 e. The molecule has 1 aromatic heterocycles. The molecule has 3 aromatic rings. The Bertz CT molecular complexity index is 831. The molecule has 0 aliphatic carbocycles. The molecule has 2 N–H and O–H groups in total. The molecule has 98 valence electrons. The van der Waals surface area contributed by atoms with Crippen LogP contribution < -0.4 is 4.74 Å². The summed E-state index contributed by atoms with van der Waals surface area (Å²) >= 11 is 0. The summed E-state index contributed by atoms with van der Waals surface area (Å²) < 4.78 is 5.25. The first-order valence-electron chi connectivity index (χ1n) is 5.98. The zero-order valence-corrected chi connectivity index (χ0v) is 10.7. The molecule has 0 saturated carbocycles. The number of H-pyrrole nitrogens is 1. The number of aromatic nitrogens is 2. The van der Waals surface area contributed by atoms with Crippen LogP contribution in [0.1, 0.15) is 5.56 Å². The third kappa shape index (κ3) is 1.93. The van der Waals surface area contributed by atoms with Gasteiger partial charge >= 0.3 is 0 Å². The number of methoxy groups -OCH3 is 1. The van der Waals surface area contributed by atoms with Gasteiger partial charge in [0.1, 0.15) is 17.3 Å². The van der Waals surface area contributed by atoms with Gasteiger partial charge in [0.05, 0.1) is 35.3 Å². The highest BCUT2D eigenvalue weighted by atomic mass is 16.5. The molecule has 5 heteroatoms. The first-order valence-corrected chi connectivity index (χ1v) is 5.98. The fourth-order valence-electron chi connectivity index (χ4n) is 2.08. The zero-order valence-electron chi connectivity index (χ0n) is 10.7. The molecule has 1 heterocycles. The normalized spacial score (nSPS) is 10.4. The Balaban J connectivity index is 2.17. The van der Waals surface area contributed by atoms with E-state index in [-0.39, 0.29) is 5.75 Å². The van der Waals surface area contributed by atoms with E-state index in [1.807, 2.05) is 0 Å². The molecule has 0 aliphatic rings. The van der Waals surface area contributed by atoms with Crippen LogP contribution >= 0.6 is 0 Å². The van der Waals surface area contributed by atoms with Crippen molar-refractivity contribution >= 4 is 11.0 Å². The number of phenols is 1. The minimum absolute atomic E-state index is 0.133. The molecule has 3 rings (SSSR count). The largest absolute Gasteiger partial charge is 0.508 e. The van der Waals surface area contributed by atoms with E-state index in [4.69, 9.17) is 10.00 Å². The number of hydrogen-bond acceptors (Lipinski definition) is 4. The monoisotopic (exact) mass is 265 g/mol. The van der Waals surface area contributed by atoms with E-state index < -0.39 is 0 Å². The lowest BCUT2D eigenvalue weighted by Gasteiger charge is -2.06. The molecular formula is C15H11N3O2. The Labute approximate surface area is 115 Å². The third-order valence-electron chi connectivity index (χ3n) is 3.05. The van der Waals surface area contributed by atoms with E-state index in [0.717, 1.165) is 16.6 Å². The molecule has 0 saturated heterocycles. The second kappa shape index (κ2) is 4.59. The molecular weight excluding hydrogens is 254 g/mol. The number of hydrogen-bond donors (Lipinski definition) is 2. The van der Waals surface area contributed by atoms with Crippen LogP contribution in [-0.4, -0.2) is 22.2 Å². The van der Waals surface area contributed by atoms with Crippen LogP contribution in [0.3, 0.4) is 0 Å². The first kappa shape index (κ1) is 12.1. The van der Waals surface area contributed by atoms with Gasteiger partial charge in [0.25, 0.3) is 0 Å². The number of fused-ring (bicyclic) bond motifs is 1. The molecule has 0 atom stereocenters. The second-order valence-corrected chi connectivity index (χ2v) is 4.31. The predicted molar refractivity (Wildman–Crippen MR) is 74.5 cm³/mol. The van der Waals surface area contributed by atoms with Gasteiger partial charge in [-0.25, -0.2) is 4.98 Å². The van der Waals surface area contributed by atoms with Gasteiger partial charge in [-0.15, -0.1) is 0 Å². The molecule has 0 amide bonds. The number of benzene rings is 2.